The van der Waals surface area contributed by atoms with Crippen molar-refractivity contribution in [1.29, 1.82) is 0 Å². The molecule has 1 amide bonds. The molecular formula is C21H29ClN2O2. The fraction of sp³-hybridized carbons (Fsp3) is 0.381. The van der Waals surface area contributed by atoms with Gasteiger partial charge in [0.05, 0.1) is 6.61 Å². The van der Waals surface area contributed by atoms with Crippen LogP contribution in [0.2, 0.25) is 0 Å². The first-order valence-corrected chi connectivity index (χ1v) is 8.85. The molecule has 4 nitrogen and oxygen atoms in total. The highest BCUT2D eigenvalue weighted by Crippen LogP contribution is 2.17. The molecule has 0 radical (unpaired) electrons. The Labute approximate surface area is 162 Å². The van der Waals surface area contributed by atoms with Gasteiger partial charge in [0.15, 0.2) is 0 Å². The van der Waals surface area contributed by atoms with Crippen LogP contribution in [-0.2, 0) is 21.5 Å². The van der Waals surface area contributed by atoms with Crippen LogP contribution in [-0.4, -0.2) is 25.7 Å². The predicted octanol–water partition coefficient (Wildman–Crippen LogP) is 3.44. The molecule has 0 spiro atoms. The Morgan fingerprint density at radius 2 is 1.62 bits per heavy atom. The number of benzene rings is 2. The van der Waals surface area contributed by atoms with Crippen LogP contribution >= 0.6 is 12.4 Å². The molecule has 2 aromatic carbocycles. The molecule has 2 aromatic rings. The van der Waals surface area contributed by atoms with Crippen LogP contribution < -0.4 is 11.1 Å². The molecule has 5 heteroatoms. The van der Waals surface area contributed by atoms with Crippen LogP contribution in [0.4, 0.5) is 0 Å². The zero-order chi connectivity index (χ0) is 18.0. The lowest BCUT2D eigenvalue weighted by atomic mass is 9.92. The van der Waals surface area contributed by atoms with E-state index in [1.54, 1.807) is 6.92 Å². The molecule has 0 aromatic heterocycles. The minimum Gasteiger partial charge on any atom is -0.381 e. The predicted molar refractivity (Wildman–Crippen MR) is 108 cm³/mol. The largest absolute Gasteiger partial charge is 0.381 e. The van der Waals surface area contributed by atoms with Gasteiger partial charge in [0.1, 0.15) is 5.54 Å². The van der Waals surface area contributed by atoms with Crippen LogP contribution in [0, 0.1) is 0 Å². The third kappa shape index (κ3) is 7.16. The maximum atomic E-state index is 12.3. The third-order valence-corrected chi connectivity index (χ3v) is 4.22. The molecule has 1 atom stereocenters. The van der Waals surface area contributed by atoms with Crippen LogP contribution in [0.1, 0.15) is 30.9 Å². The van der Waals surface area contributed by atoms with Crippen molar-refractivity contribution in [2.24, 2.45) is 5.73 Å². The van der Waals surface area contributed by atoms with Gasteiger partial charge >= 0.3 is 0 Å². The molecule has 0 bridgehead atoms. The van der Waals surface area contributed by atoms with Gasteiger partial charge in [-0.2, -0.15) is 0 Å². The average molecular weight is 377 g/mol. The van der Waals surface area contributed by atoms with E-state index in [-0.39, 0.29) is 18.3 Å². The molecule has 3 N–H and O–H groups in total. The van der Waals surface area contributed by atoms with E-state index in [0.29, 0.717) is 13.2 Å². The normalized spacial score (nSPS) is 12.7. The molecule has 0 aliphatic rings. The summed E-state index contributed by atoms with van der Waals surface area (Å²) in [6.45, 7) is 3.79. The van der Waals surface area contributed by atoms with Crippen LogP contribution in [0.5, 0.6) is 0 Å². The number of halogens is 1. The van der Waals surface area contributed by atoms with Crippen molar-refractivity contribution >= 4 is 18.3 Å². The number of hydrogen-bond donors (Lipinski definition) is 2. The second-order valence-corrected chi connectivity index (χ2v) is 6.38. The van der Waals surface area contributed by atoms with E-state index in [2.05, 4.69) is 17.4 Å². The zero-order valence-electron chi connectivity index (χ0n) is 15.3. The molecule has 0 aliphatic heterocycles. The first-order valence-electron chi connectivity index (χ1n) is 8.85. The lowest BCUT2D eigenvalue weighted by Crippen LogP contribution is -2.49. The smallest absolute Gasteiger partial charge is 0.244 e. The van der Waals surface area contributed by atoms with E-state index in [9.17, 15) is 4.79 Å². The Hall–Kier alpha value is -1.88. The summed E-state index contributed by atoms with van der Waals surface area (Å²) in [5, 5.41) is 2.92. The standard InChI is InChI=1S/C21H28N2O2.ClH/c1-21(22,19-12-6-3-7-13-19)20(24)23-15-8-9-16-25-17-14-18-10-4-2-5-11-18;/h2-7,10-13H,8-9,14-17,22H2,1H3,(H,23,24);1H. The zero-order valence-corrected chi connectivity index (χ0v) is 16.1. The summed E-state index contributed by atoms with van der Waals surface area (Å²) >= 11 is 0. The van der Waals surface area contributed by atoms with Crippen molar-refractivity contribution < 1.29 is 9.53 Å². The topological polar surface area (TPSA) is 64.4 Å². The fourth-order valence-electron chi connectivity index (χ4n) is 2.57. The molecule has 0 aliphatic carbocycles. The monoisotopic (exact) mass is 376 g/mol. The summed E-state index contributed by atoms with van der Waals surface area (Å²) in [7, 11) is 0. The highest BCUT2D eigenvalue weighted by molar-refractivity contribution is 5.86. The van der Waals surface area contributed by atoms with Gasteiger partial charge in [-0.25, -0.2) is 0 Å². The van der Waals surface area contributed by atoms with Crippen molar-refractivity contribution in [3.05, 3.63) is 71.8 Å². The molecule has 142 valence electrons. The molecule has 0 fully saturated rings. The van der Waals surface area contributed by atoms with Crippen LogP contribution in [0.25, 0.3) is 0 Å². The third-order valence-electron chi connectivity index (χ3n) is 4.22. The van der Waals surface area contributed by atoms with Crippen molar-refractivity contribution in [2.75, 3.05) is 19.8 Å². The van der Waals surface area contributed by atoms with Gasteiger partial charge in [0.2, 0.25) is 5.91 Å². The van der Waals surface area contributed by atoms with Gasteiger partial charge in [-0.1, -0.05) is 60.7 Å². The SMILES string of the molecule is CC(N)(C(=O)NCCCCOCCc1ccccc1)c1ccccc1.Cl. The molecule has 0 heterocycles. The molecular weight excluding hydrogens is 348 g/mol. The summed E-state index contributed by atoms with van der Waals surface area (Å²) in [4.78, 5) is 12.3. The number of rotatable bonds is 10. The molecule has 0 saturated carbocycles. The summed E-state index contributed by atoms with van der Waals surface area (Å²) in [6.07, 6.45) is 2.73. The van der Waals surface area contributed by atoms with Gasteiger partial charge in [0.25, 0.3) is 0 Å². The Kier molecular flexibility index (Phi) is 9.96. The van der Waals surface area contributed by atoms with Crippen molar-refractivity contribution in [3.63, 3.8) is 0 Å². The Morgan fingerprint density at radius 1 is 1.00 bits per heavy atom. The summed E-state index contributed by atoms with van der Waals surface area (Å²) in [6, 6.07) is 19.8. The highest BCUT2D eigenvalue weighted by atomic mass is 35.5. The number of amides is 1. The van der Waals surface area contributed by atoms with E-state index in [0.717, 1.165) is 31.4 Å². The number of ether oxygens (including phenoxy) is 1. The van der Waals surface area contributed by atoms with E-state index in [1.165, 1.54) is 5.56 Å². The van der Waals surface area contributed by atoms with E-state index < -0.39 is 5.54 Å². The van der Waals surface area contributed by atoms with Gasteiger partial charge < -0.3 is 15.8 Å². The van der Waals surface area contributed by atoms with Crippen molar-refractivity contribution in [1.82, 2.24) is 5.32 Å². The highest BCUT2D eigenvalue weighted by Gasteiger charge is 2.29. The van der Waals surface area contributed by atoms with Gasteiger partial charge in [0, 0.05) is 13.2 Å². The first kappa shape index (κ1) is 22.2. The molecule has 26 heavy (non-hydrogen) atoms. The van der Waals surface area contributed by atoms with Crippen molar-refractivity contribution in [2.45, 2.75) is 31.7 Å². The van der Waals surface area contributed by atoms with Gasteiger partial charge in [-0.15, -0.1) is 12.4 Å². The number of carbonyl (C=O) groups is 1. The minimum absolute atomic E-state index is 0. The summed E-state index contributed by atoms with van der Waals surface area (Å²) in [5.74, 6) is -0.149. The average Bonchev–Trinajstić information content (AvgIpc) is 2.65. The molecule has 2 rings (SSSR count). The van der Waals surface area contributed by atoms with Crippen molar-refractivity contribution in [3.8, 4) is 0 Å². The maximum Gasteiger partial charge on any atom is 0.244 e. The Morgan fingerprint density at radius 3 is 2.27 bits per heavy atom. The lowest BCUT2D eigenvalue weighted by molar-refractivity contribution is -0.126. The summed E-state index contributed by atoms with van der Waals surface area (Å²) < 4.78 is 5.64. The van der Waals surface area contributed by atoms with E-state index in [4.69, 9.17) is 10.5 Å². The second kappa shape index (κ2) is 11.7. The number of unbranched alkanes of at least 4 members (excludes halogenated alkanes) is 1. The van der Waals surface area contributed by atoms with E-state index >= 15 is 0 Å². The van der Waals surface area contributed by atoms with Gasteiger partial charge in [-0.05, 0) is 37.3 Å². The number of nitrogens with two attached hydrogens (primary N) is 1. The van der Waals surface area contributed by atoms with Crippen LogP contribution in [0.15, 0.2) is 60.7 Å². The second-order valence-electron chi connectivity index (χ2n) is 6.38. The number of hydrogen-bond acceptors (Lipinski definition) is 3. The lowest BCUT2D eigenvalue weighted by Gasteiger charge is -2.24. The summed E-state index contributed by atoms with van der Waals surface area (Å²) in [5.41, 5.74) is 7.28. The minimum atomic E-state index is -1.01. The molecule has 0 saturated heterocycles. The molecule has 1 unspecified atom stereocenters. The fourth-order valence-corrected chi connectivity index (χ4v) is 2.57. The maximum absolute atomic E-state index is 12.3. The number of carbonyl (C=O) groups excluding carboxylic acids is 1. The van der Waals surface area contributed by atoms with Gasteiger partial charge in [-0.3, -0.25) is 4.79 Å². The first-order chi connectivity index (χ1) is 12.1. The Balaban J connectivity index is 0.00000338. The van der Waals surface area contributed by atoms with Crippen LogP contribution in [0.3, 0.4) is 0 Å². The Bertz CT molecular complexity index is 633. The quantitative estimate of drug-likeness (QED) is 0.624. The van der Waals surface area contributed by atoms with E-state index in [1.807, 2.05) is 48.5 Å². The number of nitrogens with one attached hydrogen (secondary N) is 1.